The fraction of sp³-hybridized carbons (Fsp3) is 0.538. The number of halogens is 2. The van der Waals surface area contributed by atoms with Gasteiger partial charge in [0.05, 0.1) is 7.11 Å². The van der Waals surface area contributed by atoms with Crippen molar-refractivity contribution in [2.45, 2.75) is 37.6 Å². The topological polar surface area (TPSA) is 35.2 Å². The molecule has 1 aliphatic rings. The van der Waals surface area contributed by atoms with E-state index in [1.54, 1.807) is 0 Å². The minimum Gasteiger partial charge on any atom is -0.496 e. The van der Waals surface area contributed by atoms with Gasteiger partial charge in [-0.25, -0.2) is 8.78 Å². The van der Waals surface area contributed by atoms with E-state index in [1.807, 2.05) is 0 Å². The summed E-state index contributed by atoms with van der Waals surface area (Å²) in [5.74, 6) is -1.42. The van der Waals surface area contributed by atoms with Gasteiger partial charge in [-0.05, 0) is 18.9 Å². The van der Waals surface area contributed by atoms with E-state index in [9.17, 15) is 8.78 Å². The Bertz CT molecular complexity index is 414. The van der Waals surface area contributed by atoms with Crippen molar-refractivity contribution in [2.75, 3.05) is 7.11 Å². The number of ether oxygens (including phenoxy) is 1. The summed E-state index contributed by atoms with van der Waals surface area (Å²) in [6.07, 6.45) is 4.74. The second-order valence-electron chi connectivity index (χ2n) is 4.68. The van der Waals surface area contributed by atoms with Crippen LogP contribution in [0.2, 0.25) is 0 Å². The quantitative estimate of drug-likeness (QED) is 0.863. The molecule has 4 heteroatoms. The molecule has 0 atom stereocenters. The molecule has 2 rings (SSSR count). The van der Waals surface area contributed by atoms with Gasteiger partial charge in [-0.2, -0.15) is 0 Å². The number of rotatable bonds is 2. The average Bonchev–Trinajstić information content (AvgIpc) is 2.33. The Labute approximate surface area is 99.8 Å². The van der Waals surface area contributed by atoms with Gasteiger partial charge < -0.3 is 10.5 Å². The molecule has 0 saturated heterocycles. The standard InChI is InChI=1S/C13H17F2NO/c1-17-12-8-11(15)10(14)7-9(12)13(16)5-3-2-4-6-13/h7-8H,2-6,16H2,1H3. The van der Waals surface area contributed by atoms with Crippen LogP contribution in [-0.4, -0.2) is 7.11 Å². The highest BCUT2D eigenvalue weighted by Gasteiger charge is 2.33. The van der Waals surface area contributed by atoms with Gasteiger partial charge in [0.1, 0.15) is 5.75 Å². The summed E-state index contributed by atoms with van der Waals surface area (Å²) in [5.41, 5.74) is 6.30. The molecule has 1 fully saturated rings. The third-order valence-corrected chi connectivity index (χ3v) is 3.52. The Kier molecular flexibility index (Phi) is 3.33. The molecule has 0 spiro atoms. The summed E-state index contributed by atoms with van der Waals surface area (Å²) in [5, 5.41) is 0. The van der Waals surface area contributed by atoms with Gasteiger partial charge in [-0.3, -0.25) is 0 Å². The van der Waals surface area contributed by atoms with Crippen LogP contribution in [0.4, 0.5) is 8.78 Å². The van der Waals surface area contributed by atoms with Crippen LogP contribution in [0.25, 0.3) is 0 Å². The number of nitrogens with two attached hydrogens (primary N) is 1. The molecule has 0 radical (unpaired) electrons. The highest BCUT2D eigenvalue weighted by Crippen LogP contribution is 2.39. The predicted octanol–water partition coefficient (Wildman–Crippen LogP) is 3.09. The first-order chi connectivity index (χ1) is 8.07. The smallest absolute Gasteiger partial charge is 0.162 e. The Morgan fingerprint density at radius 2 is 1.71 bits per heavy atom. The highest BCUT2D eigenvalue weighted by molar-refractivity contribution is 5.40. The molecule has 0 unspecified atom stereocenters. The fourth-order valence-corrected chi connectivity index (χ4v) is 2.54. The number of methoxy groups -OCH3 is 1. The van der Waals surface area contributed by atoms with Crippen LogP contribution in [0.3, 0.4) is 0 Å². The first-order valence-corrected chi connectivity index (χ1v) is 5.89. The molecule has 1 aromatic carbocycles. The van der Waals surface area contributed by atoms with E-state index in [4.69, 9.17) is 10.5 Å². The van der Waals surface area contributed by atoms with E-state index in [0.29, 0.717) is 11.3 Å². The van der Waals surface area contributed by atoms with Crippen LogP contribution in [-0.2, 0) is 5.54 Å². The molecule has 94 valence electrons. The third kappa shape index (κ3) is 2.27. The van der Waals surface area contributed by atoms with Crippen LogP contribution >= 0.6 is 0 Å². The van der Waals surface area contributed by atoms with Gasteiger partial charge in [0, 0.05) is 17.2 Å². The summed E-state index contributed by atoms with van der Waals surface area (Å²) < 4.78 is 31.6. The van der Waals surface area contributed by atoms with E-state index in [0.717, 1.165) is 38.2 Å². The molecule has 17 heavy (non-hydrogen) atoms. The van der Waals surface area contributed by atoms with Crippen molar-refractivity contribution in [1.82, 2.24) is 0 Å². The van der Waals surface area contributed by atoms with Crippen LogP contribution < -0.4 is 10.5 Å². The molecule has 2 N–H and O–H groups in total. The molecule has 1 saturated carbocycles. The van der Waals surface area contributed by atoms with E-state index in [1.165, 1.54) is 13.2 Å². The zero-order valence-corrected chi connectivity index (χ0v) is 9.93. The van der Waals surface area contributed by atoms with Gasteiger partial charge in [-0.15, -0.1) is 0 Å². The number of benzene rings is 1. The molecule has 0 aliphatic heterocycles. The summed E-state index contributed by atoms with van der Waals surface area (Å²) in [4.78, 5) is 0. The van der Waals surface area contributed by atoms with E-state index in [2.05, 4.69) is 0 Å². The van der Waals surface area contributed by atoms with Crippen molar-refractivity contribution in [3.05, 3.63) is 29.3 Å². The van der Waals surface area contributed by atoms with Crippen LogP contribution in [0.1, 0.15) is 37.7 Å². The lowest BCUT2D eigenvalue weighted by molar-refractivity contribution is 0.286. The lowest BCUT2D eigenvalue weighted by Crippen LogP contribution is -2.39. The van der Waals surface area contributed by atoms with E-state index in [-0.39, 0.29) is 0 Å². The Morgan fingerprint density at radius 3 is 2.29 bits per heavy atom. The summed E-state index contributed by atoms with van der Waals surface area (Å²) in [7, 11) is 1.45. The van der Waals surface area contributed by atoms with Crippen molar-refractivity contribution in [1.29, 1.82) is 0 Å². The number of hydrogen-bond acceptors (Lipinski definition) is 2. The Hall–Kier alpha value is -1.16. The zero-order chi connectivity index (χ0) is 12.5. The van der Waals surface area contributed by atoms with Gasteiger partial charge in [-0.1, -0.05) is 19.3 Å². The Balaban J connectivity index is 2.45. The van der Waals surface area contributed by atoms with E-state index < -0.39 is 17.2 Å². The van der Waals surface area contributed by atoms with Crippen LogP contribution in [0.15, 0.2) is 12.1 Å². The SMILES string of the molecule is COc1cc(F)c(F)cc1C1(N)CCCCC1. The van der Waals surface area contributed by atoms with Gasteiger partial charge >= 0.3 is 0 Å². The lowest BCUT2D eigenvalue weighted by atomic mass is 9.77. The molecule has 0 aromatic heterocycles. The molecular formula is C13H17F2NO. The summed E-state index contributed by atoms with van der Waals surface area (Å²) in [6.45, 7) is 0. The largest absolute Gasteiger partial charge is 0.496 e. The lowest BCUT2D eigenvalue weighted by Gasteiger charge is -2.34. The maximum absolute atomic E-state index is 13.3. The summed E-state index contributed by atoms with van der Waals surface area (Å²) >= 11 is 0. The molecule has 2 nitrogen and oxygen atoms in total. The monoisotopic (exact) mass is 241 g/mol. The summed E-state index contributed by atoms with van der Waals surface area (Å²) in [6, 6.07) is 2.26. The second-order valence-corrected chi connectivity index (χ2v) is 4.68. The zero-order valence-electron chi connectivity index (χ0n) is 9.93. The number of hydrogen-bond donors (Lipinski definition) is 1. The van der Waals surface area contributed by atoms with Gasteiger partial charge in [0.15, 0.2) is 11.6 Å². The normalized spacial score (nSPS) is 19.1. The van der Waals surface area contributed by atoms with Gasteiger partial charge in [0.25, 0.3) is 0 Å². The molecule has 1 aromatic rings. The highest BCUT2D eigenvalue weighted by atomic mass is 19.2. The van der Waals surface area contributed by atoms with Crippen molar-refractivity contribution >= 4 is 0 Å². The maximum atomic E-state index is 13.3. The van der Waals surface area contributed by atoms with Crippen LogP contribution in [0, 0.1) is 11.6 Å². The molecular weight excluding hydrogens is 224 g/mol. The average molecular weight is 241 g/mol. The maximum Gasteiger partial charge on any atom is 0.162 e. The minimum absolute atomic E-state index is 0.341. The molecule has 0 heterocycles. The van der Waals surface area contributed by atoms with Crippen molar-refractivity contribution in [2.24, 2.45) is 5.73 Å². The van der Waals surface area contributed by atoms with Crippen molar-refractivity contribution in [3.8, 4) is 5.75 Å². The first kappa shape index (κ1) is 12.3. The molecule has 0 amide bonds. The van der Waals surface area contributed by atoms with E-state index >= 15 is 0 Å². The minimum atomic E-state index is -0.898. The Morgan fingerprint density at radius 1 is 1.12 bits per heavy atom. The third-order valence-electron chi connectivity index (χ3n) is 3.52. The predicted molar refractivity (Wildman–Crippen MR) is 61.9 cm³/mol. The van der Waals surface area contributed by atoms with Crippen molar-refractivity contribution < 1.29 is 13.5 Å². The first-order valence-electron chi connectivity index (χ1n) is 5.89. The van der Waals surface area contributed by atoms with Gasteiger partial charge in [0.2, 0.25) is 0 Å². The van der Waals surface area contributed by atoms with Crippen LogP contribution in [0.5, 0.6) is 5.75 Å². The fourth-order valence-electron chi connectivity index (χ4n) is 2.54. The molecule has 1 aliphatic carbocycles. The molecule has 0 bridgehead atoms. The van der Waals surface area contributed by atoms with Crippen molar-refractivity contribution in [3.63, 3.8) is 0 Å². The second kappa shape index (κ2) is 4.61.